The molecule has 0 atom stereocenters. The zero-order valence-corrected chi connectivity index (χ0v) is 13.5. The summed E-state index contributed by atoms with van der Waals surface area (Å²) in [7, 11) is 0. The van der Waals surface area contributed by atoms with Gasteiger partial charge in [0.05, 0.1) is 17.7 Å². The van der Waals surface area contributed by atoms with Gasteiger partial charge in [-0.1, -0.05) is 45.7 Å². The van der Waals surface area contributed by atoms with Gasteiger partial charge in [-0.2, -0.15) is 0 Å². The summed E-state index contributed by atoms with van der Waals surface area (Å²) < 4.78 is 2.99. The van der Waals surface area contributed by atoms with Gasteiger partial charge in [0.1, 0.15) is 0 Å². The molecule has 1 N–H and O–H groups in total. The van der Waals surface area contributed by atoms with Crippen molar-refractivity contribution >= 4 is 33.2 Å². The molecule has 1 aromatic heterocycles. The molecule has 0 radical (unpaired) electrons. The lowest BCUT2D eigenvalue weighted by molar-refractivity contribution is 1.04. The number of halogens is 2. The minimum absolute atomic E-state index is 0.712. The highest BCUT2D eigenvalue weighted by molar-refractivity contribution is 9.10. The van der Waals surface area contributed by atoms with E-state index in [2.05, 4.69) is 38.4 Å². The first-order chi connectivity index (χ1) is 10.2. The normalized spacial score (nSPS) is 10.6. The Morgan fingerprint density at radius 2 is 2.05 bits per heavy atom. The van der Waals surface area contributed by atoms with Gasteiger partial charge in [-0.15, -0.1) is 0 Å². The number of para-hydroxylation sites is 2. The van der Waals surface area contributed by atoms with Gasteiger partial charge in [0.25, 0.3) is 0 Å². The molecule has 0 aliphatic rings. The third kappa shape index (κ3) is 3.28. The van der Waals surface area contributed by atoms with Crippen LogP contribution in [0.2, 0.25) is 5.02 Å². The Morgan fingerprint density at radius 3 is 2.81 bits per heavy atom. The minimum Gasteiger partial charge on any atom is -0.379 e. The lowest BCUT2D eigenvalue weighted by atomic mass is 10.2. The van der Waals surface area contributed by atoms with E-state index < -0.39 is 0 Å². The van der Waals surface area contributed by atoms with Crippen LogP contribution < -0.4 is 5.32 Å². The van der Waals surface area contributed by atoms with Gasteiger partial charge in [0.2, 0.25) is 0 Å². The number of imidazole rings is 1. The number of rotatable bonds is 4. The van der Waals surface area contributed by atoms with Crippen molar-refractivity contribution in [2.75, 3.05) is 5.32 Å². The Hall–Kier alpha value is -1.78. The minimum atomic E-state index is 0.712. The molecule has 0 bridgehead atoms. The van der Waals surface area contributed by atoms with E-state index in [0.29, 0.717) is 6.54 Å². The monoisotopic (exact) mass is 361 g/mol. The lowest BCUT2D eigenvalue weighted by Crippen LogP contribution is -2.04. The molecular formula is C16H13BrClN3. The number of hydrogen-bond acceptors (Lipinski definition) is 2. The maximum atomic E-state index is 5.97. The van der Waals surface area contributed by atoms with E-state index in [1.54, 1.807) is 12.5 Å². The van der Waals surface area contributed by atoms with Gasteiger partial charge in [-0.05, 0) is 29.8 Å². The highest BCUT2D eigenvalue weighted by Crippen LogP contribution is 2.24. The standard InChI is InChI=1S/C16H13BrClN3/c17-14-9-13(18)6-5-12(14)10-20-15-3-1-2-4-16(15)21-8-7-19-11-21/h1-9,11,20H,10H2. The highest BCUT2D eigenvalue weighted by Gasteiger charge is 2.05. The summed E-state index contributed by atoms with van der Waals surface area (Å²) in [5, 5.41) is 4.18. The van der Waals surface area contributed by atoms with Crippen LogP contribution in [0.1, 0.15) is 5.56 Å². The van der Waals surface area contributed by atoms with Crippen molar-refractivity contribution < 1.29 is 0 Å². The first-order valence-corrected chi connectivity index (χ1v) is 7.66. The molecule has 0 unspecified atom stereocenters. The van der Waals surface area contributed by atoms with Gasteiger partial charge in [-0.3, -0.25) is 0 Å². The van der Waals surface area contributed by atoms with Crippen LogP contribution in [0.5, 0.6) is 0 Å². The van der Waals surface area contributed by atoms with Gasteiger partial charge in [0.15, 0.2) is 0 Å². The van der Waals surface area contributed by atoms with Gasteiger partial charge < -0.3 is 9.88 Å². The van der Waals surface area contributed by atoms with Crippen molar-refractivity contribution in [2.24, 2.45) is 0 Å². The third-order valence-electron chi connectivity index (χ3n) is 3.17. The number of hydrogen-bond donors (Lipinski definition) is 1. The fourth-order valence-electron chi connectivity index (χ4n) is 2.11. The molecule has 0 fully saturated rings. The second-order valence-corrected chi connectivity index (χ2v) is 5.87. The zero-order chi connectivity index (χ0) is 14.7. The predicted molar refractivity (Wildman–Crippen MR) is 90.0 cm³/mol. The van der Waals surface area contributed by atoms with E-state index in [1.165, 1.54) is 0 Å². The molecule has 2 aromatic carbocycles. The molecule has 0 saturated carbocycles. The van der Waals surface area contributed by atoms with E-state index in [1.807, 2.05) is 41.1 Å². The maximum absolute atomic E-state index is 5.97. The molecule has 0 amide bonds. The summed E-state index contributed by atoms with van der Waals surface area (Å²) in [4.78, 5) is 4.09. The largest absolute Gasteiger partial charge is 0.379 e. The van der Waals surface area contributed by atoms with Crippen molar-refractivity contribution in [1.82, 2.24) is 9.55 Å². The summed E-state index contributed by atoms with van der Waals surface area (Å²) in [6.45, 7) is 0.712. The molecule has 5 heteroatoms. The van der Waals surface area contributed by atoms with Crippen LogP contribution in [-0.2, 0) is 6.54 Å². The van der Waals surface area contributed by atoms with E-state index in [-0.39, 0.29) is 0 Å². The summed E-state index contributed by atoms with van der Waals surface area (Å²) >= 11 is 9.50. The van der Waals surface area contributed by atoms with Gasteiger partial charge in [0, 0.05) is 28.4 Å². The average molecular weight is 363 g/mol. The molecule has 0 spiro atoms. The highest BCUT2D eigenvalue weighted by atomic mass is 79.9. The topological polar surface area (TPSA) is 29.9 Å². The number of nitrogens with one attached hydrogen (secondary N) is 1. The Morgan fingerprint density at radius 1 is 1.19 bits per heavy atom. The molecule has 1 heterocycles. The maximum Gasteiger partial charge on any atom is 0.0992 e. The van der Waals surface area contributed by atoms with Gasteiger partial charge in [-0.25, -0.2) is 4.98 Å². The van der Waals surface area contributed by atoms with Crippen molar-refractivity contribution in [3.63, 3.8) is 0 Å². The van der Waals surface area contributed by atoms with E-state index >= 15 is 0 Å². The Labute approximate surface area is 136 Å². The molecular weight excluding hydrogens is 350 g/mol. The number of nitrogens with zero attached hydrogens (tertiary/aromatic N) is 2. The fourth-order valence-corrected chi connectivity index (χ4v) is 2.93. The van der Waals surface area contributed by atoms with E-state index in [0.717, 1.165) is 26.4 Å². The lowest BCUT2D eigenvalue weighted by Gasteiger charge is -2.13. The average Bonchev–Trinajstić information content (AvgIpc) is 3.01. The molecule has 106 valence electrons. The van der Waals surface area contributed by atoms with Crippen molar-refractivity contribution in [1.29, 1.82) is 0 Å². The van der Waals surface area contributed by atoms with E-state index in [4.69, 9.17) is 11.6 Å². The van der Waals surface area contributed by atoms with Crippen molar-refractivity contribution in [2.45, 2.75) is 6.54 Å². The summed E-state index contributed by atoms with van der Waals surface area (Å²) in [6.07, 6.45) is 5.49. The second kappa shape index (κ2) is 6.33. The van der Waals surface area contributed by atoms with Crippen molar-refractivity contribution in [3.05, 3.63) is 76.2 Å². The van der Waals surface area contributed by atoms with E-state index in [9.17, 15) is 0 Å². The zero-order valence-electron chi connectivity index (χ0n) is 11.1. The third-order valence-corrected chi connectivity index (χ3v) is 4.14. The van der Waals surface area contributed by atoms with Crippen LogP contribution in [0, 0.1) is 0 Å². The van der Waals surface area contributed by atoms with Crippen LogP contribution in [-0.4, -0.2) is 9.55 Å². The summed E-state index contributed by atoms with van der Waals surface area (Å²) in [5.41, 5.74) is 3.28. The van der Waals surface area contributed by atoms with Crippen LogP contribution in [0.4, 0.5) is 5.69 Å². The molecule has 3 aromatic rings. The number of anilines is 1. The molecule has 3 rings (SSSR count). The first-order valence-electron chi connectivity index (χ1n) is 6.49. The summed E-state index contributed by atoms with van der Waals surface area (Å²) in [6, 6.07) is 13.9. The van der Waals surface area contributed by atoms with Crippen LogP contribution >= 0.6 is 27.5 Å². The van der Waals surface area contributed by atoms with Crippen LogP contribution in [0.25, 0.3) is 5.69 Å². The SMILES string of the molecule is Clc1ccc(CNc2ccccc2-n2ccnc2)c(Br)c1. The quantitative estimate of drug-likeness (QED) is 0.715. The van der Waals surface area contributed by atoms with Crippen molar-refractivity contribution in [3.8, 4) is 5.69 Å². The summed E-state index contributed by atoms with van der Waals surface area (Å²) in [5.74, 6) is 0. The fraction of sp³-hybridized carbons (Fsp3) is 0.0625. The van der Waals surface area contributed by atoms with Crippen LogP contribution in [0.15, 0.2) is 65.7 Å². The molecule has 21 heavy (non-hydrogen) atoms. The first kappa shape index (κ1) is 14.2. The smallest absolute Gasteiger partial charge is 0.0992 e. The number of benzene rings is 2. The molecule has 3 nitrogen and oxygen atoms in total. The second-order valence-electron chi connectivity index (χ2n) is 4.58. The molecule has 0 saturated heterocycles. The van der Waals surface area contributed by atoms with Gasteiger partial charge >= 0.3 is 0 Å². The predicted octanol–water partition coefficient (Wildman–Crippen LogP) is 4.90. The molecule has 0 aliphatic carbocycles. The Bertz CT molecular complexity index is 741. The Balaban J connectivity index is 1.83. The molecule has 0 aliphatic heterocycles. The number of aromatic nitrogens is 2. The van der Waals surface area contributed by atoms with Crippen LogP contribution in [0.3, 0.4) is 0 Å². The Kier molecular flexibility index (Phi) is 4.27.